The molecule has 0 amide bonds. The Morgan fingerprint density at radius 2 is 2.26 bits per heavy atom. The Balaban J connectivity index is 1.90. The quantitative estimate of drug-likeness (QED) is 0.715. The van der Waals surface area contributed by atoms with Crippen LogP contribution in [0.3, 0.4) is 0 Å². The summed E-state index contributed by atoms with van der Waals surface area (Å²) < 4.78 is 5.48. The molecule has 1 aromatic carbocycles. The number of rotatable bonds is 5. The monoisotopic (exact) mass is 264 g/mol. The zero-order chi connectivity index (χ0) is 13.7. The van der Waals surface area contributed by atoms with Gasteiger partial charge in [0.1, 0.15) is 5.75 Å². The molecule has 0 spiro atoms. The Hall–Kier alpha value is -1.42. The van der Waals surface area contributed by atoms with Crippen molar-refractivity contribution in [2.45, 2.75) is 38.7 Å². The van der Waals surface area contributed by atoms with Crippen molar-refractivity contribution in [3.63, 3.8) is 0 Å². The van der Waals surface area contributed by atoms with E-state index in [1.54, 1.807) is 0 Å². The first kappa shape index (κ1) is 14.0. The number of nitrogens with two attached hydrogens (primary N) is 1. The Bertz CT molecular complexity index is 409. The van der Waals surface area contributed by atoms with Crippen LogP contribution in [0.1, 0.15) is 32.6 Å². The molecule has 0 aliphatic heterocycles. The standard InChI is InChI=1S/C15H24N2O2/c1-2-19-15-9-12(6-7-14(15)16)17-10-11-4-3-5-13(18)8-11/h6-7,9,11,13,17-18H,2-5,8,10,16H2,1H3. The number of nitrogens with one attached hydrogen (secondary N) is 1. The first-order chi connectivity index (χ1) is 9.19. The van der Waals surface area contributed by atoms with Crippen LogP contribution in [0.5, 0.6) is 5.75 Å². The normalized spacial score (nSPS) is 23.1. The topological polar surface area (TPSA) is 67.5 Å². The molecule has 4 nitrogen and oxygen atoms in total. The van der Waals surface area contributed by atoms with E-state index >= 15 is 0 Å². The van der Waals surface area contributed by atoms with E-state index < -0.39 is 0 Å². The summed E-state index contributed by atoms with van der Waals surface area (Å²) in [7, 11) is 0. The summed E-state index contributed by atoms with van der Waals surface area (Å²) in [6.07, 6.45) is 4.05. The van der Waals surface area contributed by atoms with Gasteiger partial charge in [0.15, 0.2) is 0 Å². The summed E-state index contributed by atoms with van der Waals surface area (Å²) in [5.41, 5.74) is 7.54. The van der Waals surface area contributed by atoms with Crippen LogP contribution in [0.2, 0.25) is 0 Å². The van der Waals surface area contributed by atoms with Gasteiger partial charge >= 0.3 is 0 Å². The summed E-state index contributed by atoms with van der Waals surface area (Å²) in [5, 5.41) is 13.1. The maximum absolute atomic E-state index is 9.66. The molecule has 4 heteroatoms. The minimum absolute atomic E-state index is 0.119. The average molecular weight is 264 g/mol. The average Bonchev–Trinajstić information content (AvgIpc) is 2.40. The van der Waals surface area contributed by atoms with Crippen molar-refractivity contribution in [2.24, 2.45) is 5.92 Å². The van der Waals surface area contributed by atoms with Crippen molar-refractivity contribution >= 4 is 11.4 Å². The number of aliphatic hydroxyl groups is 1. The van der Waals surface area contributed by atoms with Crippen molar-refractivity contribution < 1.29 is 9.84 Å². The number of nitrogen functional groups attached to an aromatic ring is 1. The van der Waals surface area contributed by atoms with Gasteiger partial charge in [-0.05, 0) is 44.2 Å². The predicted octanol–water partition coefficient (Wildman–Crippen LogP) is 2.63. The number of aliphatic hydroxyl groups excluding tert-OH is 1. The van der Waals surface area contributed by atoms with Gasteiger partial charge in [0.25, 0.3) is 0 Å². The summed E-state index contributed by atoms with van der Waals surface area (Å²) in [6, 6.07) is 5.78. The Morgan fingerprint density at radius 3 is 3.00 bits per heavy atom. The zero-order valence-corrected chi connectivity index (χ0v) is 11.6. The zero-order valence-electron chi connectivity index (χ0n) is 11.6. The van der Waals surface area contributed by atoms with Crippen LogP contribution in [-0.4, -0.2) is 24.4 Å². The number of ether oxygens (including phenoxy) is 1. The molecule has 0 radical (unpaired) electrons. The minimum atomic E-state index is -0.119. The van der Waals surface area contributed by atoms with Gasteiger partial charge in [-0.2, -0.15) is 0 Å². The molecule has 4 N–H and O–H groups in total. The SMILES string of the molecule is CCOc1cc(NCC2CCCC(O)C2)ccc1N. The molecule has 1 fully saturated rings. The molecular formula is C15H24N2O2. The maximum atomic E-state index is 9.66. The second-order valence-electron chi connectivity index (χ2n) is 5.25. The number of hydrogen-bond acceptors (Lipinski definition) is 4. The lowest BCUT2D eigenvalue weighted by Gasteiger charge is -2.26. The van der Waals surface area contributed by atoms with Gasteiger partial charge in [-0.15, -0.1) is 0 Å². The smallest absolute Gasteiger partial charge is 0.144 e. The third kappa shape index (κ3) is 4.03. The molecule has 1 aliphatic rings. The largest absolute Gasteiger partial charge is 0.492 e. The summed E-state index contributed by atoms with van der Waals surface area (Å²) in [6.45, 7) is 3.46. The van der Waals surface area contributed by atoms with Crippen LogP contribution in [0.15, 0.2) is 18.2 Å². The van der Waals surface area contributed by atoms with Crippen LogP contribution in [0.4, 0.5) is 11.4 Å². The van der Waals surface area contributed by atoms with Gasteiger partial charge in [0.2, 0.25) is 0 Å². The molecule has 2 unspecified atom stereocenters. The second kappa shape index (κ2) is 6.66. The van der Waals surface area contributed by atoms with Gasteiger partial charge in [0, 0.05) is 18.3 Å². The van der Waals surface area contributed by atoms with E-state index in [2.05, 4.69) is 5.32 Å². The lowest BCUT2D eigenvalue weighted by Crippen LogP contribution is -2.25. The van der Waals surface area contributed by atoms with Gasteiger partial charge in [0.05, 0.1) is 18.4 Å². The van der Waals surface area contributed by atoms with E-state index in [9.17, 15) is 5.11 Å². The number of hydrogen-bond donors (Lipinski definition) is 3. The molecule has 2 atom stereocenters. The molecule has 0 aromatic heterocycles. The van der Waals surface area contributed by atoms with Crippen molar-refractivity contribution in [1.29, 1.82) is 0 Å². The Morgan fingerprint density at radius 1 is 1.42 bits per heavy atom. The second-order valence-corrected chi connectivity index (χ2v) is 5.25. The fourth-order valence-electron chi connectivity index (χ4n) is 2.64. The molecule has 0 bridgehead atoms. The summed E-state index contributed by atoms with van der Waals surface area (Å²) in [4.78, 5) is 0. The predicted molar refractivity (Wildman–Crippen MR) is 78.5 cm³/mol. The molecule has 0 heterocycles. The van der Waals surface area contributed by atoms with Gasteiger partial charge in [-0.1, -0.05) is 6.42 Å². The minimum Gasteiger partial charge on any atom is -0.492 e. The third-order valence-corrected chi connectivity index (χ3v) is 3.66. The summed E-state index contributed by atoms with van der Waals surface area (Å²) >= 11 is 0. The molecular weight excluding hydrogens is 240 g/mol. The fraction of sp³-hybridized carbons (Fsp3) is 0.600. The first-order valence-corrected chi connectivity index (χ1v) is 7.13. The Labute approximate surface area is 115 Å². The lowest BCUT2D eigenvalue weighted by atomic mass is 9.87. The van der Waals surface area contributed by atoms with E-state index in [0.717, 1.165) is 37.2 Å². The number of benzene rings is 1. The fourth-order valence-corrected chi connectivity index (χ4v) is 2.64. The molecule has 106 valence electrons. The van der Waals surface area contributed by atoms with Crippen LogP contribution in [0, 0.1) is 5.92 Å². The van der Waals surface area contributed by atoms with Crippen LogP contribution >= 0.6 is 0 Å². The van der Waals surface area contributed by atoms with Gasteiger partial charge < -0.3 is 20.9 Å². The first-order valence-electron chi connectivity index (χ1n) is 7.13. The van der Waals surface area contributed by atoms with Crippen molar-refractivity contribution in [1.82, 2.24) is 0 Å². The van der Waals surface area contributed by atoms with E-state index in [1.165, 1.54) is 6.42 Å². The van der Waals surface area contributed by atoms with Crippen LogP contribution < -0.4 is 15.8 Å². The van der Waals surface area contributed by atoms with E-state index in [4.69, 9.17) is 10.5 Å². The molecule has 19 heavy (non-hydrogen) atoms. The lowest BCUT2D eigenvalue weighted by molar-refractivity contribution is 0.105. The van der Waals surface area contributed by atoms with E-state index in [-0.39, 0.29) is 6.10 Å². The molecule has 1 saturated carbocycles. The number of anilines is 2. The van der Waals surface area contributed by atoms with Gasteiger partial charge in [-0.3, -0.25) is 0 Å². The van der Waals surface area contributed by atoms with E-state index in [1.807, 2.05) is 25.1 Å². The maximum Gasteiger partial charge on any atom is 0.144 e. The molecule has 1 aromatic rings. The van der Waals surface area contributed by atoms with Crippen LogP contribution in [-0.2, 0) is 0 Å². The van der Waals surface area contributed by atoms with Crippen LogP contribution in [0.25, 0.3) is 0 Å². The highest BCUT2D eigenvalue weighted by Gasteiger charge is 2.19. The van der Waals surface area contributed by atoms with Crippen molar-refractivity contribution in [2.75, 3.05) is 24.2 Å². The highest BCUT2D eigenvalue weighted by atomic mass is 16.5. The van der Waals surface area contributed by atoms with Gasteiger partial charge in [-0.25, -0.2) is 0 Å². The highest BCUT2D eigenvalue weighted by Crippen LogP contribution is 2.27. The third-order valence-electron chi connectivity index (χ3n) is 3.66. The van der Waals surface area contributed by atoms with Crippen molar-refractivity contribution in [3.05, 3.63) is 18.2 Å². The molecule has 0 saturated heterocycles. The summed E-state index contributed by atoms with van der Waals surface area (Å²) in [5.74, 6) is 1.29. The molecule has 1 aliphatic carbocycles. The highest BCUT2D eigenvalue weighted by molar-refractivity contribution is 5.61. The molecule has 2 rings (SSSR count). The van der Waals surface area contributed by atoms with Crippen molar-refractivity contribution in [3.8, 4) is 5.75 Å². The van der Waals surface area contributed by atoms with E-state index in [0.29, 0.717) is 18.2 Å². The Kier molecular flexibility index (Phi) is 4.91.